The number of piperazine rings is 1. The van der Waals surface area contributed by atoms with Gasteiger partial charge in [-0.2, -0.15) is 13.2 Å². The van der Waals surface area contributed by atoms with Gasteiger partial charge in [0.05, 0.1) is 17.5 Å². The average molecular weight is 713 g/mol. The number of anilines is 1. The van der Waals surface area contributed by atoms with Gasteiger partial charge in [0.15, 0.2) is 0 Å². The molecule has 6 rings (SSSR count). The number of benzene rings is 3. The number of nitrogens with one attached hydrogen (secondary N) is 1. The van der Waals surface area contributed by atoms with Crippen LogP contribution in [0.5, 0.6) is 0 Å². The zero-order chi connectivity index (χ0) is 37.2. The number of nitrogens with zero attached hydrogens (tertiary/aromatic N) is 3. The predicted molar refractivity (Wildman–Crippen MR) is 193 cm³/mol. The third-order valence-electron chi connectivity index (χ3n) is 10.6. The van der Waals surface area contributed by atoms with Crippen molar-refractivity contribution in [1.29, 1.82) is 0 Å². The topological polar surface area (TPSA) is 106 Å². The number of rotatable bonds is 10. The van der Waals surface area contributed by atoms with Crippen LogP contribution in [-0.4, -0.2) is 63.8 Å². The SMILES string of the molecule is CC1=C(C(=O)O)C(c2cccnc2C(F)(F)F)C(C(=O)O)C(C)(CC(C)c2ccc(N3CCN(C(c4ccccc4)c4ccccc4)CC3)cc2)N1. The summed E-state index contributed by atoms with van der Waals surface area (Å²) < 4.78 is 42.4. The molecule has 52 heavy (non-hydrogen) atoms. The van der Waals surface area contributed by atoms with Crippen molar-refractivity contribution in [3.05, 3.63) is 142 Å². The lowest BCUT2D eigenvalue weighted by Gasteiger charge is -2.47. The first-order valence-corrected chi connectivity index (χ1v) is 17.4. The molecule has 3 aromatic carbocycles. The molecule has 0 bridgehead atoms. The number of alkyl halides is 3. The summed E-state index contributed by atoms with van der Waals surface area (Å²) in [6.45, 7) is 8.46. The third-order valence-corrected chi connectivity index (χ3v) is 10.6. The van der Waals surface area contributed by atoms with E-state index in [1.54, 1.807) is 6.92 Å². The number of carboxylic acid groups (broad SMARTS) is 2. The van der Waals surface area contributed by atoms with E-state index in [1.807, 2.05) is 31.2 Å². The van der Waals surface area contributed by atoms with E-state index >= 15 is 0 Å². The Kier molecular flexibility index (Phi) is 10.4. The molecule has 272 valence electrons. The number of halogens is 3. The van der Waals surface area contributed by atoms with Crippen LogP contribution in [0.2, 0.25) is 0 Å². The Morgan fingerprint density at radius 1 is 0.865 bits per heavy atom. The lowest BCUT2D eigenvalue weighted by atomic mass is 9.64. The second-order valence-corrected chi connectivity index (χ2v) is 14.1. The summed E-state index contributed by atoms with van der Waals surface area (Å²) in [7, 11) is 0. The van der Waals surface area contributed by atoms with Crippen molar-refractivity contribution in [2.24, 2.45) is 5.92 Å². The van der Waals surface area contributed by atoms with E-state index in [0.717, 1.165) is 49.7 Å². The fraction of sp³-hybridized carbons (Fsp3) is 0.341. The van der Waals surface area contributed by atoms with Crippen LogP contribution in [0.25, 0.3) is 0 Å². The molecule has 1 aromatic heterocycles. The molecule has 3 N–H and O–H groups in total. The second-order valence-electron chi connectivity index (χ2n) is 14.1. The molecule has 3 heterocycles. The molecular formula is C41H43F3N4O4. The lowest BCUT2D eigenvalue weighted by molar-refractivity contribution is -0.148. The van der Waals surface area contributed by atoms with E-state index in [9.17, 15) is 33.0 Å². The highest BCUT2D eigenvalue weighted by molar-refractivity contribution is 5.92. The Morgan fingerprint density at radius 2 is 1.44 bits per heavy atom. The van der Waals surface area contributed by atoms with Crippen LogP contribution in [0.1, 0.15) is 73.0 Å². The summed E-state index contributed by atoms with van der Waals surface area (Å²) in [5, 5.41) is 23.8. The molecule has 0 amide bonds. The maximum absolute atomic E-state index is 14.1. The fourth-order valence-corrected chi connectivity index (χ4v) is 8.36. The quantitative estimate of drug-likeness (QED) is 0.154. The van der Waals surface area contributed by atoms with Gasteiger partial charge in [-0.15, -0.1) is 0 Å². The number of pyridine rings is 1. The summed E-state index contributed by atoms with van der Waals surface area (Å²) in [6, 6.07) is 31.7. The molecule has 1 saturated heterocycles. The summed E-state index contributed by atoms with van der Waals surface area (Å²) in [5.41, 5.74) is 1.15. The molecule has 2 aliphatic heterocycles. The van der Waals surface area contributed by atoms with Crippen LogP contribution in [0, 0.1) is 5.92 Å². The van der Waals surface area contributed by atoms with E-state index in [1.165, 1.54) is 24.1 Å². The molecule has 4 unspecified atom stereocenters. The highest BCUT2D eigenvalue weighted by Crippen LogP contribution is 2.49. The number of aromatic nitrogens is 1. The molecule has 11 heteroatoms. The summed E-state index contributed by atoms with van der Waals surface area (Å²) in [4.78, 5) is 33.8. The Labute approximate surface area is 301 Å². The standard InChI is InChI=1S/C41H43F3N4O4/c1-26(25-40(3)35(39(51)52)34(33(38(49)50)27(2)46-40)32-15-10-20-45-37(32)41(42,43)44)28-16-18-31(19-17-28)47-21-23-48(24-22-47)36(29-11-6-4-7-12-29)30-13-8-5-9-14-30/h4-20,26,34-36,46H,21-25H2,1-3H3,(H,49,50)(H,51,52). The van der Waals surface area contributed by atoms with Gasteiger partial charge in [0.2, 0.25) is 0 Å². The third kappa shape index (κ3) is 7.41. The number of allylic oxidation sites excluding steroid dienone is 1. The molecule has 0 saturated carbocycles. The molecule has 8 nitrogen and oxygen atoms in total. The maximum atomic E-state index is 14.1. The zero-order valence-corrected chi connectivity index (χ0v) is 29.3. The molecule has 4 aromatic rings. The van der Waals surface area contributed by atoms with Crippen molar-refractivity contribution >= 4 is 17.6 Å². The van der Waals surface area contributed by atoms with Crippen LogP contribution in [0.4, 0.5) is 18.9 Å². The van der Waals surface area contributed by atoms with Crippen molar-refractivity contribution in [1.82, 2.24) is 15.2 Å². The molecule has 2 aliphatic rings. The van der Waals surface area contributed by atoms with Crippen molar-refractivity contribution in [2.75, 3.05) is 31.1 Å². The lowest BCUT2D eigenvalue weighted by Crippen LogP contribution is -2.58. The fourth-order valence-electron chi connectivity index (χ4n) is 8.36. The Hall–Kier alpha value is -5.16. The molecule has 1 fully saturated rings. The van der Waals surface area contributed by atoms with Crippen LogP contribution in [0.3, 0.4) is 0 Å². The molecular weight excluding hydrogens is 669 g/mol. The zero-order valence-electron chi connectivity index (χ0n) is 29.3. The number of aliphatic carboxylic acids is 2. The van der Waals surface area contributed by atoms with E-state index in [2.05, 4.69) is 80.8 Å². The molecule has 0 spiro atoms. The average Bonchev–Trinajstić information content (AvgIpc) is 3.12. The Bertz CT molecular complexity index is 1870. The van der Waals surface area contributed by atoms with Crippen LogP contribution in [0.15, 0.2) is 115 Å². The Balaban J connectivity index is 1.20. The highest BCUT2D eigenvalue weighted by atomic mass is 19.4. The van der Waals surface area contributed by atoms with Gasteiger partial charge in [-0.05, 0) is 66.6 Å². The van der Waals surface area contributed by atoms with Crippen LogP contribution < -0.4 is 10.2 Å². The van der Waals surface area contributed by atoms with Crippen LogP contribution >= 0.6 is 0 Å². The highest BCUT2D eigenvalue weighted by Gasteiger charge is 2.54. The first kappa shape index (κ1) is 36.6. The van der Waals surface area contributed by atoms with Gasteiger partial charge in [0.25, 0.3) is 0 Å². The van der Waals surface area contributed by atoms with Crippen LogP contribution in [-0.2, 0) is 15.8 Å². The monoisotopic (exact) mass is 712 g/mol. The predicted octanol–water partition coefficient (Wildman–Crippen LogP) is 7.71. The summed E-state index contributed by atoms with van der Waals surface area (Å²) >= 11 is 0. The number of hydrogen-bond acceptors (Lipinski definition) is 6. The molecule has 4 atom stereocenters. The normalized spacial score (nSPS) is 21.9. The van der Waals surface area contributed by atoms with Gasteiger partial charge in [-0.25, -0.2) is 4.79 Å². The smallest absolute Gasteiger partial charge is 0.433 e. The summed E-state index contributed by atoms with van der Waals surface area (Å²) in [6.07, 6.45) is -3.73. The number of carboxylic acids is 2. The van der Waals surface area contributed by atoms with E-state index < -0.39 is 52.3 Å². The first-order valence-electron chi connectivity index (χ1n) is 17.4. The Morgan fingerprint density at radius 3 is 1.96 bits per heavy atom. The maximum Gasteiger partial charge on any atom is 0.433 e. The van der Waals surface area contributed by atoms with Gasteiger partial charge in [0, 0.05) is 55.2 Å². The minimum atomic E-state index is -4.91. The first-order chi connectivity index (χ1) is 24.8. The van der Waals surface area contributed by atoms with Gasteiger partial charge in [-0.3, -0.25) is 14.7 Å². The van der Waals surface area contributed by atoms with Gasteiger partial charge < -0.3 is 20.4 Å². The molecule has 0 aliphatic carbocycles. The minimum absolute atomic E-state index is 0.123. The number of carbonyl (C=O) groups is 2. The van der Waals surface area contributed by atoms with E-state index in [-0.39, 0.29) is 24.1 Å². The van der Waals surface area contributed by atoms with E-state index in [4.69, 9.17) is 0 Å². The van der Waals surface area contributed by atoms with E-state index in [0.29, 0.717) is 0 Å². The molecule has 0 radical (unpaired) electrons. The van der Waals surface area contributed by atoms with Gasteiger partial charge in [0.1, 0.15) is 5.69 Å². The van der Waals surface area contributed by atoms with Crippen molar-refractivity contribution in [3.63, 3.8) is 0 Å². The number of hydrogen-bond donors (Lipinski definition) is 3. The van der Waals surface area contributed by atoms with Gasteiger partial charge >= 0.3 is 18.1 Å². The summed E-state index contributed by atoms with van der Waals surface area (Å²) in [5.74, 6) is -6.24. The largest absolute Gasteiger partial charge is 0.481 e. The van der Waals surface area contributed by atoms with Crippen molar-refractivity contribution < 1.29 is 33.0 Å². The van der Waals surface area contributed by atoms with Crippen molar-refractivity contribution in [2.45, 2.75) is 56.8 Å². The van der Waals surface area contributed by atoms with Crippen molar-refractivity contribution in [3.8, 4) is 0 Å². The van der Waals surface area contributed by atoms with Gasteiger partial charge in [-0.1, -0.05) is 85.8 Å². The second kappa shape index (κ2) is 14.8. The minimum Gasteiger partial charge on any atom is -0.481 e.